The van der Waals surface area contributed by atoms with Crippen LogP contribution in [0, 0.1) is 12.7 Å². The molecule has 6 nitrogen and oxygen atoms in total. The molecule has 0 saturated heterocycles. The van der Waals surface area contributed by atoms with E-state index < -0.39 is 21.7 Å². The van der Waals surface area contributed by atoms with Crippen LogP contribution < -0.4 is 4.72 Å². The number of nitrogens with zero attached hydrogens (tertiary/aromatic N) is 2. The van der Waals surface area contributed by atoms with Crippen LogP contribution in [-0.2, 0) is 21.4 Å². The molecule has 2 aromatic rings. The van der Waals surface area contributed by atoms with Crippen LogP contribution >= 0.6 is 11.6 Å². The van der Waals surface area contributed by atoms with E-state index in [2.05, 4.69) is 5.10 Å². The molecular formula is C13H13ClFN3O3S. The third kappa shape index (κ3) is 3.83. The van der Waals surface area contributed by atoms with E-state index in [1.54, 1.807) is 18.5 Å². The highest BCUT2D eigenvalue weighted by molar-refractivity contribution is 7.90. The van der Waals surface area contributed by atoms with Gasteiger partial charge in [-0.1, -0.05) is 11.6 Å². The van der Waals surface area contributed by atoms with Gasteiger partial charge in [-0.25, -0.2) is 17.5 Å². The van der Waals surface area contributed by atoms with E-state index in [9.17, 15) is 17.6 Å². The first-order valence-corrected chi connectivity index (χ1v) is 8.14. The Kier molecular flexibility index (Phi) is 4.82. The molecule has 2 rings (SSSR count). The van der Waals surface area contributed by atoms with Gasteiger partial charge in [-0.15, -0.1) is 0 Å². The summed E-state index contributed by atoms with van der Waals surface area (Å²) in [6.45, 7) is 1.65. The Balaban J connectivity index is 2.10. The van der Waals surface area contributed by atoms with Crippen molar-refractivity contribution in [2.75, 3.05) is 0 Å². The van der Waals surface area contributed by atoms with Gasteiger partial charge in [0, 0.05) is 25.4 Å². The molecule has 118 valence electrons. The van der Waals surface area contributed by atoms with Crippen molar-refractivity contribution in [3.63, 3.8) is 0 Å². The van der Waals surface area contributed by atoms with E-state index in [-0.39, 0.29) is 28.4 Å². The van der Waals surface area contributed by atoms with Gasteiger partial charge in [0.1, 0.15) is 10.7 Å². The van der Waals surface area contributed by atoms with Crippen LogP contribution in [0.1, 0.15) is 12.0 Å². The number of sulfonamides is 1. The fraction of sp³-hybridized carbons (Fsp3) is 0.231. The van der Waals surface area contributed by atoms with Crippen molar-refractivity contribution in [1.82, 2.24) is 14.5 Å². The van der Waals surface area contributed by atoms with E-state index in [1.165, 1.54) is 11.6 Å². The van der Waals surface area contributed by atoms with Crippen molar-refractivity contribution < 1.29 is 17.6 Å². The summed E-state index contributed by atoms with van der Waals surface area (Å²) in [6.07, 6.45) is 3.14. The van der Waals surface area contributed by atoms with Crippen LogP contribution in [0.25, 0.3) is 0 Å². The van der Waals surface area contributed by atoms with Crippen molar-refractivity contribution in [3.8, 4) is 0 Å². The summed E-state index contributed by atoms with van der Waals surface area (Å²) in [7, 11) is -4.15. The smallest absolute Gasteiger partial charge is 0.265 e. The highest BCUT2D eigenvalue weighted by atomic mass is 35.5. The Labute approximate surface area is 131 Å². The van der Waals surface area contributed by atoms with Gasteiger partial charge >= 0.3 is 0 Å². The SMILES string of the molecule is Cc1cc(S(=O)(=O)NC(=O)CCn2cccn2)c(Cl)cc1F. The molecule has 22 heavy (non-hydrogen) atoms. The lowest BCUT2D eigenvalue weighted by Gasteiger charge is -2.10. The summed E-state index contributed by atoms with van der Waals surface area (Å²) in [4.78, 5) is 11.4. The lowest BCUT2D eigenvalue weighted by Crippen LogP contribution is -2.31. The third-order valence-corrected chi connectivity index (χ3v) is 4.72. The van der Waals surface area contributed by atoms with Gasteiger partial charge in [0.05, 0.1) is 5.02 Å². The normalized spacial score (nSPS) is 11.4. The molecule has 0 unspecified atom stereocenters. The highest BCUT2D eigenvalue weighted by Crippen LogP contribution is 2.24. The molecule has 9 heteroatoms. The highest BCUT2D eigenvalue weighted by Gasteiger charge is 2.22. The maximum atomic E-state index is 13.3. The molecule has 0 atom stereocenters. The Morgan fingerprint density at radius 1 is 1.45 bits per heavy atom. The molecule has 0 bridgehead atoms. The maximum absolute atomic E-state index is 13.3. The fourth-order valence-electron chi connectivity index (χ4n) is 1.74. The zero-order chi connectivity index (χ0) is 16.3. The second kappa shape index (κ2) is 6.45. The number of amides is 1. The molecule has 0 saturated carbocycles. The van der Waals surface area contributed by atoms with Crippen molar-refractivity contribution in [1.29, 1.82) is 0 Å². The number of nitrogens with one attached hydrogen (secondary N) is 1. The van der Waals surface area contributed by atoms with Crippen molar-refractivity contribution in [3.05, 3.63) is 47.0 Å². The molecule has 0 radical (unpaired) electrons. The Morgan fingerprint density at radius 3 is 2.82 bits per heavy atom. The van der Waals surface area contributed by atoms with Crippen LogP contribution in [-0.4, -0.2) is 24.1 Å². The zero-order valence-corrected chi connectivity index (χ0v) is 13.2. The number of halogens is 2. The first kappa shape index (κ1) is 16.4. The summed E-state index contributed by atoms with van der Waals surface area (Å²) >= 11 is 5.74. The number of hydrogen-bond donors (Lipinski definition) is 1. The molecule has 1 aromatic carbocycles. The Hall–Kier alpha value is -1.93. The van der Waals surface area contributed by atoms with Gasteiger partial charge in [-0.2, -0.15) is 5.10 Å². The number of carbonyl (C=O) groups excluding carboxylic acids is 1. The molecule has 0 aliphatic rings. The number of hydrogen-bond acceptors (Lipinski definition) is 4. The standard InChI is InChI=1S/C13H13ClFN3O3S/c1-9-7-12(10(14)8-11(9)15)22(20,21)17-13(19)3-6-18-5-2-4-16-18/h2,4-5,7-8H,3,6H2,1H3,(H,17,19). The molecule has 0 aliphatic heterocycles. The molecule has 0 aliphatic carbocycles. The summed E-state index contributed by atoms with van der Waals surface area (Å²) in [6, 6.07) is 3.68. The quantitative estimate of drug-likeness (QED) is 0.897. The summed E-state index contributed by atoms with van der Waals surface area (Å²) in [5, 5.41) is 3.62. The lowest BCUT2D eigenvalue weighted by molar-refractivity contribution is -0.119. The number of aromatic nitrogens is 2. The number of aryl methyl sites for hydroxylation is 2. The lowest BCUT2D eigenvalue weighted by atomic mass is 10.2. The van der Waals surface area contributed by atoms with Crippen LogP contribution in [0.4, 0.5) is 4.39 Å². The van der Waals surface area contributed by atoms with Crippen LogP contribution in [0.3, 0.4) is 0 Å². The Morgan fingerprint density at radius 2 is 2.18 bits per heavy atom. The molecule has 0 spiro atoms. The van der Waals surface area contributed by atoms with E-state index in [1.807, 2.05) is 4.72 Å². The number of carbonyl (C=O) groups is 1. The molecule has 1 amide bonds. The first-order chi connectivity index (χ1) is 10.3. The minimum absolute atomic E-state index is 0.0707. The number of rotatable bonds is 5. The van der Waals surface area contributed by atoms with E-state index >= 15 is 0 Å². The Bertz CT molecular complexity index is 791. The van der Waals surface area contributed by atoms with Crippen molar-refractivity contribution in [2.45, 2.75) is 24.8 Å². The van der Waals surface area contributed by atoms with Gasteiger partial charge in [0.25, 0.3) is 10.0 Å². The van der Waals surface area contributed by atoms with Crippen LogP contribution in [0.2, 0.25) is 5.02 Å². The minimum Gasteiger partial charge on any atom is -0.274 e. The summed E-state index contributed by atoms with van der Waals surface area (Å²) < 4.78 is 41.0. The summed E-state index contributed by atoms with van der Waals surface area (Å²) in [5.41, 5.74) is 0.119. The predicted molar refractivity (Wildman–Crippen MR) is 78.3 cm³/mol. The van der Waals surface area contributed by atoms with Gasteiger partial charge < -0.3 is 0 Å². The first-order valence-electron chi connectivity index (χ1n) is 6.28. The van der Waals surface area contributed by atoms with E-state index in [4.69, 9.17) is 11.6 Å². The number of benzene rings is 1. The van der Waals surface area contributed by atoms with Crippen LogP contribution in [0.5, 0.6) is 0 Å². The second-order valence-corrected chi connectivity index (χ2v) is 6.64. The van der Waals surface area contributed by atoms with Gasteiger partial charge in [0.15, 0.2) is 0 Å². The molecule has 1 N–H and O–H groups in total. The fourth-order valence-corrected chi connectivity index (χ4v) is 3.36. The molecule has 0 fully saturated rings. The van der Waals surface area contributed by atoms with Crippen LogP contribution in [0.15, 0.2) is 35.5 Å². The monoisotopic (exact) mass is 345 g/mol. The van der Waals surface area contributed by atoms with Gasteiger partial charge in [0.2, 0.25) is 5.91 Å². The zero-order valence-electron chi connectivity index (χ0n) is 11.6. The maximum Gasteiger partial charge on any atom is 0.265 e. The summed E-state index contributed by atoms with van der Waals surface area (Å²) in [5.74, 6) is -1.32. The molecule has 1 aromatic heterocycles. The third-order valence-electron chi connectivity index (χ3n) is 2.88. The average molecular weight is 346 g/mol. The van der Waals surface area contributed by atoms with Gasteiger partial charge in [-0.05, 0) is 30.7 Å². The van der Waals surface area contributed by atoms with Crippen molar-refractivity contribution in [2.24, 2.45) is 0 Å². The van der Waals surface area contributed by atoms with Gasteiger partial charge in [-0.3, -0.25) is 9.48 Å². The topological polar surface area (TPSA) is 81.1 Å². The van der Waals surface area contributed by atoms with E-state index in [0.29, 0.717) is 0 Å². The predicted octanol–water partition coefficient (Wildman–Crippen LogP) is 1.88. The average Bonchev–Trinajstić information content (AvgIpc) is 2.93. The minimum atomic E-state index is -4.15. The second-order valence-electron chi connectivity index (χ2n) is 4.58. The molecule has 1 heterocycles. The van der Waals surface area contributed by atoms with E-state index in [0.717, 1.165) is 12.1 Å². The molecular weight excluding hydrogens is 333 g/mol. The van der Waals surface area contributed by atoms with Crippen molar-refractivity contribution >= 4 is 27.5 Å². The largest absolute Gasteiger partial charge is 0.274 e.